The van der Waals surface area contributed by atoms with E-state index in [4.69, 9.17) is 10.5 Å². The molecule has 2 N–H and O–H groups in total. The molecule has 0 spiro atoms. The average molecular weight is 274 g/mol. The molecule has 1 aliphatic carbocycles. The zero-order chi connectivity index (χ0) is 14.5. The minimum atomic E-state index is 0.0232. The minimum Gasteiger partial charge on any atom is -0.495 e. The number of methoxy groups -OCH3 is 1. The minimum absolute atomic E-state index is 0.0232. The molecule has 0 radical (unpaired) electrons. The van der Waals surface area contributed by atoms with Gasteiger partial charge in [0.1, 0.15) is 5.75 Å². The van der Waals surface area contributed by atoms with E-state index in [1.165, 1.54) is 12.8 Å². The number of nitrogen functional groups attached to an aromatic ring is 1. The highest BCUT2D eigenvalue weighted by atomic mass is 16.5. The Morgan fingerprint density at radius 1 is 1.50 bits per heavy atom. The number of carbonyl (C=O) groups excluding carboxylic acids is 1. The molecule has 1 amide bonds. The second-order valence-electron chi connectivity index (χ2n) is 5.14. The number of nitrogens with two attached hydrogens (primary N) is 1. The molecule has 0 saturated heterocycles. The molecule has 4 heteroatoms. The van der Waals surface area contributed by atoms with Crippen LogP contribution < -0.4 is 10.5 Å². The van der Waals surface area contributed by atoms with Gasteiger partial charge in [-0.25, -0.2) is 0 Å². The molecule has 2 rings (SSSR count). The second kappa shape index (κ2) is 6.46. The van der Waals surface area contributed by atoms with E-state index in [9.17, 15) is 4.79 Å². The zero-order valence-corrected chi connectivity index (χ0v) is 12.0. The maximum atomic E-state index is 12.7. The predicted octanol–water partition coefficient (Wildman–Crippen LogP) is 2.85. The fraction of sp³-hybridized carbons (Fsp3) is 0.438. The maximum Gasteiger partial charge on any atom is 0.254 e. The fourth-order valence-electron chi connectivity index (χ4n) is 2.76. The highest BCUT2D eigenvalue weighted by Crippen LogP contribution is 2.27. The Morgan fingerprint density at radius 3 is 2.80 bits per heavy atom. The van der Waals surface area contributed by atoms with Gasteiger partial charge < -0.3 is 15.4 Å². The van der Waals surface area contributed by atoms with Gasteiger partial charge in [0, 0.05) is 18.2 Å². The Labute approximate surface area is 120 Å². The monoisotopic (exact) mass is 274 g/mol. The number of hydrogen-bond donors (Lipinski definition) is 1. The first kappa shape index (κ1) is 14.4. The summed E-state index contributed by atoms with van der Waals surface area (Å²) in [5.74, 6) is 0.566. The van der Waals surface area contributed by atoms with E-state index in [0.29, 0.717) is 29.6 Å². The largest absolute Gasteiger partial charge is 0.495 e. The second-order valence-corrected chi connectivity index (χ2v) is 5.14. The number of benzene rings is 1. The van der Waals surface area contributed by atoms with Crippen LogP contribution in [-0.2, 0) is 0 Å². The summed E-state index contributed by atoms with van der Waals surface area (Å²) in [6, 6.07) is 5.50. The SMILES string of the molecule is C=CCN(C(=O)c1ccc(N)c(OC)c1)C1CCCC1. The Balaban J connectivity index is 2.24. The summed E-state index contributed by atoms with van der Waals surface area (Å²) in [4.78, 5) is 14.6. The van der Waals surface area contributed by atoms with Crippen molar-refractivity contribution in [2.75, 3.05) is 19.4 Å². The topological polar surface area (TPSA) is 55.6 Å². The van der Waals surface area contributed by atoms with Crippen molar-refractivity contribution < 1.29 is 9.53 Å². The van der Waals surface area contributed by atoms with E-state index in [1.807, 2.05) is 4.90 Å². The number of ether oxygens (including phenoxy) is 1. The van der Waals surface area contributed by atoms with Crippen LogP contribution in [0.3, 0.4) is 0 Å². The summed E-state index contributed by atoms with van der Waals surface area (Å²) in [6.07, 6.45) is 6.31. The number of hydrogen-bond acceptors (Lipinski definition) is 3. The van der Waals surface area contributed by atoms with Gasteiger partial charge in [0.2, 0.25) is 0 Å². The standard InChI is InChI=1S/C16H22N2O2/c1-3-10-18(13-6-4-5-7-13)16(19)12-8-9-14(17)15(11-12)20-2/h3,8-9,11,13H,1,4-7,10,17H2,2H3. The molecule has 108 valence electrons. The number of amides is 1. The summed E-state index contributed by atoms with van der Waals surface area (Å²) in [5, 5.41) is 0. The number of rotatable bonds is 5. The van der Waals surface area contributed by atoms with Gasteiger partial charge in [-0.2, -0.15) is 0 Å². The molecule has 1 aliphatic rings. The summed E-state index contributed by atoms with van der Waals surface area (Å²) in [7, 11) is 1.55. The third-order valence-corrected chi connectivity index (χ3v) is 3.83. The quantitative estimate of drug-likeness (QED) is 0.663. The zero-order valence-electron chi connectivity index (χ0n) is 12.0. The van der Waals surface area contributed by atoms with Crippen LogP contribution in [0.1, 0.15) is 36.0 Å². The van der Waals surface area contributed by atoms with Crippen molar-refractivity contribution in [1.82, 2.24) is 4.90 Å². The van der Waals surface area contributed by atoms with Crippen LogP contribution in [-0.4, -0.2) is 30.5 Å². The van der Waals surface area contributed by atoms with Crippen LogP contribution in [0.5, 0.6) is 5.75 Å². The van der Waals surface area contributed by atoms with Gasteiger partial charge in [-0.3, -0.25) is 4.79 Å². The molecule has 1 saturated carbocycles. The summed E-state index contributed by atoms with van der Waals surface area (Å²) >= 11 is 0. The van der Waals surface area contributed by atoms with Crippen molar-refractivity contribution >= 4 is 11.6 Å². The van der Waals surface area contributed by atoms with Crippen molar-refractivity contribution in [3.05, 3.63) is 36.4 Å². The first-order valence-corrected chi connectivity index (χ1v) is 7.02. The van der Waals surface area contributed by atoms with Gasteiger partial charge in [0.25, 0.3) is 5.91 Å². The molecule has 1 fully saturated rings. The van der Waals surface area contributed by atoms with Gasteiger partial charge in [0.05, 0.1) is 12.8 Å². The normalized spacial score (nSPS) is 15.1. The van der Waals surface area contributed by atoms with Crippen molar-refractivity contribution in [2.45, 2.75) is 31.7 Å². The molecule has 0 aromatic heterocycles. The highest BCUT2D eigenvalue weighted by molar-refractivity contribution is 5.95. The van der Waals surface area contributed by atoms with Gasteiger partial charge in [-0.15, -0.1) is 6.58 Å². The lowest BCUT2D eigenvalue weighted by molar-refractivity contribution is 0.0706. The van der Waals surface area contributed by atoms with Crippen LogP contribution >= 0.6 is 0 Å². The van der Waals surface area contributed by atoms with Crippen LogP contribution in [0.15, 0.2) is 30.9 Å². The summed E-state index contributed by atoms with van der Waals surface area (Å²) in [5.41, 5.74) is 6.95. The molecular weight excluding hydrogens is 252 g/mol. The molecule has 4 nitrogen and oxygen atoms in total. The van der Waals surface area contributed by atoms with Crippen LogP contribution in [0.4, 0.5) is 5.69 Å². The predicted molar refractivity (Wildman–Crippen MR) is 80.9 cm³/mol. The van der Waals surface area contributed by atoms with Crippen LogP contribution in [0.25, 0.3) is 0 Å². The van der Waals surface area contributed by atoms with E-state index >= 15 is 0 Å². The van der Waals surface area contributed by atoms with Crippen molar-refractivity contribution in [1.29, 1.82) is 0 Å². The Hall–Kier alpha value is -1.97. The number of anilines is 1. The Kier molecular flexibility index (Phi) is 4.66. The Morgan fingerprint density at radius 2 is 2.20 bits per heavy atom. The average Bonchev–Trinajstić information content (AvgIpc) is 2.98. The molecule has 0 heterocycles. The fourth-order valence-corrected chi connectivity index (χ4v) is 2.76. The summed E-state index contributed by atoms with van der Waals surface area (Å²) < 4.78 is 5.19. The van der Waals surface area contributed by atoms with Gasteiger partial charge in [-0.1, -0.05) is 18.9 Å². The first-order chi connectivity index (χ1) is 9.67. The molecule has 1 aromatic rings. The lowest BCUT2D eigenvalue weighted by Crippen LogP contribution is -2.38. The molecule has 20 heavy (non-hydrogen) atoms. The van der Waals surface area contributed by atoms with Crippen molar-refractivity contribution in [3.63, 3.8) is 0 Å². The van der Waals surface area contributed by atoms with E-state index in [-0.39, 0.29) is 5.91 Å². The lowest BCUT2D eigenvalue weighted by atomic mass is 10.1. The van der Waals surface area contributed by atoms with E-state index in [1.54, 1.807) is 31.4 Å². The number of carbonyl (C=O) groups is 1. The third-order valence-electron chi connectivity index (χ3n) is 3.83. The first-order valence-electron chi connectivity index (χ1n) is 7.02. The van der Waals surface area contributed by atoms with Crippen molar-refractivity contribution in [2.24, 2.45) is 0 Å². The maximum absolute atomic E-state index is 12.7. The van der Waals surface area contributed by atoms with E-state index in [2.05, 4.69) is 6.58 Å². The molecule has 0 atom stereocenters. The smallest absolute Gasteiger partial charge is 0.254 e. The van der Waals surface area contributed by atoms with Crippen LogP contribution in [0, 0.1) is 0 Å². The highest BCUT2D eigenvalue weighted by Gasteiger charge is 2.26. The van der Waals surface area contributed by atoms with Crippen LogP contribution in [0.2, 0.25) is 0 Å². The van der Waals surface area contributed by atoms with Gasteiger partial charge >= 0.3 is 0 Å². The van der Waals surface area contributed by atoms with Gasteiger partial charge in [-0.05, 0) is 31.0 Å². The lowest BCUT2D eigenvalue weighted by Gasteiger charge is -2.28. The molecule has 1 aromatic carbocycles. The van der Waals surface area contributed by atoms with E-state index < -0.39 is 0 Å². The molecule has 0 bridgehead atoms. The summed E-state index contributed by atoms with van der Waals surface area (Å²) in [6.45, 7) is 4.34. The molecule has 0 unspecified atom stereocenters. The molecular formula is C16H22N2O2. The van der Waals surface area contributed by atoms with Gasteiger partial charge in [0.15, 0.2) is 0 Å². The third kappa shape index (κ3) is 2.95. The van der Waals surface area contributed by atoms with E-state index in [0.717, 1.165) is 12.8 Å². The molecule has 0 aliphatic heterocycles. The Bertz CT molecular complexity index is 493. The van der Waals surface area contributed by atoms with Crippen molar-refractivity contribution in [3.8, 4) is 5.75 Å². The number of nitrogens with zero attached hydrogens (tertiary/aromatic N) is 1.